The average Bonchev–Trinajstić information content (AvgIpc) is 2.34. The maximum absolute atomic E-state index is 13.9. The van der Waals surface area contributed by atoms with Gasteiger partial charge in [-0.2, -0.15) is 0 Å². The minimum absolute atomic E-state index is 0.0788. The second-order valence-corrected chi connectivity index (χ2v) is 6.88. The van der Waals surface area contributed by atoms with E-state index >= 15 is 0 Å². The molecule has 0 aliphatic rings. The van der Waals surface area contributed by atoms with Gasteiger partial charge in [0.05, 0.1) is 15.9 Å². The average molecular weight is 370 g/mol. The summed E-state index contributed by atoms with van der Waals surface area (Å²) in [6, 6.07) is 3.02. The number of anilines is 1. The van der Waals surface area contributed by atoms with Gasteiger partial charge in [-0.1, -0.05) is 12.2 Å². The first-order chi connectivity index (χ1) is 8.78. The summed E-state index contributed by atoms with van der Waals surface area (Å²) in [5.41, 5.74) is 6.00. The molecule has 0 fully saturated rings. The lowest BCUT2D eigenvalue weighted by atomic mass is 10.2. The predicted octanol–water partition coefficient (Wildman–Crippen LogP) is 1.18. The van der Waals surface area contributed by atoms with E-state index in [0.29, 0.717) is 5.56 Å². The maximum Gasteiger partial charge on any atom is 0.213 e. The van der Waals surface area contributed by atoms with Gasteiger partial charge in [-0.05, 0) is 35.1 Å². The van der Waals surface area contributed by atoms with Crippen LogP contribution in [0.4, 0.5) is 10.1 Å². The molecule has 0 radical (unpaired) electrons. The number of sulfonamides is 1. The van der Waals surface area contributed by atoms with Crippen LogP contribution in [0.2, 0.25) is 0 Å². The van der Waals surface area contributed by atoms with Crippen LogP contribution in [-0.4, -0.2) is 32.8 Å². The molecule has 0 amide bonds. The molecule has 1 aromatic rings. The minimum Gasteiger partial charge on any atom is -0.389 e. The Morgan fingerprint density at radius 3 is 2.68 bits per heavy atom. The van der Waals surface area contributed by atoms with Gasteiger partial charge < -0.3 is 11.1 Å². The highest BCUT2D eigenvalue weighted by Gasteiger charge is 2.13. The van der Waals surface area contributed by atoms with Gasteiger partial charge in [0.25, 0.3) is 0 Å². The van der Waals surface area contributed by atoms with Crippen LogP contribution in [0.3, 0.4) is 0 Å². The number of hydrogen-bond acceptors (Lipinski definition) is 4. The normalized spacial score (nSPS) is 11.3. The standard InChI is InChI=1S/C10H13BrFN3O2S2/c1-14-19(16,17)5-4-15-7-3-2-6(10(13)18)8(11)9(7)12/h2-3,14-15H,4-5H2,1H3,(H2,13,18). The molecule has 0 saturated heterocycles. The molecule has 4 N–H and O–H groups in total. The van der Waals surface area contributed by atoms with E-state index in [2.05, 4.69) is 26.0 Å². The summed E-state index contributed by atoms with van der Waals surface area (Å²) < 4.78 is 38.7. The first-order valence-corrected chi connectivity index (χ1v) is 8.06. The fourth-order valence-corrected chi connectivity index (χ4v) is 2.73. The van der Waals surface area contributed by atoms with E-state index in [1.165, 1.54) is 13.1 Å². The topological polar surface area (TPSA) is 84.2 Å². The van der Waals surface area contributed by atoms with Crippen molar-refractivity contribution >= 4 is 48.8 Å². The highest BCUT2D eigenvalue weighted by atomic mass is 79.9. The highest BCUT2D eigenvalue weighted by molar-refractivity contribution is 9.10. The summed E-state index contributed by atoms with van der Waals surface area (Å²) in [6.07, 6.45) is 0. The summed E-state index contributed by atoms with van der Waals surface area (Å²) in [7, 11) is -2.00. The van der Waals surface area contributed by atoms with E-state index in [9.17, 15) is 12.8 Å². The molecule has 0 aromatic heterocycles. The first-order valence-electron chi connectivity index (χ1n) is 5.21. The van der Waals surface area contributed by atoms with E-state index in [0.717, 1.165) is 0 Å². The molecular weight excluding hydrogens is 357 g/mol. The molecule has 19 heavy (non-hydrogen) atoms. The second-order valence-electron chi connectivity index (χ2n) is 3.60. The number of nitrogens with two attached hydrogens (primary N) is 1. The SMILES string of the molecule is CNS(=O)(=O)CCNc1ccc(C(N)=S)c(Br)c1F. The lowest BCUT2D eigenvalue weighted by Crippen LogP contribution is -2.26. The quantitative estimate of drug-likeness (QED) is 0.655. The summed E-state index contributed by atoms with van der Waals surface area (Å²) in [5, 5.41) is 2.70. The molecular formula is C10H13BrFN3O2S2. The zero-order chi connectivity index (χ0) is 14.6. The van der Waals surface area contributed by atoms with Crippen molar-refractivity contribution in [3.63, 3.8) is 0 Å². The Morgan fingerprint density at radius 1 is 1.53 bits per heavy atom. The Bertz CT molecular complexity index is 593. The zero-order valence-electron chi connectivity index (χ0n) is 10.0. The van der Waals surface area contributed by atoms with Gasteiger partial charge in [0.1, 0.15) is 4.99 Å². The van der Waals surface area contributed by atoms with E-state index < -0.39 is 15.8 Å². The molecule has 0 bridgehead atoms. The first kappa shape index (κ1) is 16.3. The third-order valence-electron chi connectivity index (χ3n) is 2.35. The molecule has 0 aliphatic carbocycles. The van der Waals surface area contributed by atoms with Crippen molar-refractivity contribution in [2.24, 2.45) is 5.73 Å². The molecule has 0 atom stereocenters. The maximum atomic E-state index is 13.9. The van der Waals surface area contributed by atoms with Crippen LogP contribution in [-0.2, 0) is 10.0 Å². The number of benzene rings is 1. The summed E-state index contributed by atoms with van der Waals surface area (Å²) in [5.74, 6) is -0.718. The van der Waals surface area contributed by atoms with Gasteiger partial charge in [-0.25, -0.2) is 17.5 Å². The number of nitrogens with one attached hydrogen (secondary N) is 2. The van der Waals surface area contributed by atoms with Crippen LogP contribution in [0.1, 0.15) is 5.56 Å². The molecule has 1 aromatic carbocycles. The molecule has 1 rings (SSSR count). The Hall–Kier alpha value is -0.770. The van der Waals surface area contributed by atoms with Crippen LogP contribution in [0.5, 0.6) is 0 Å². The van der Waals surface area contributed by atoms with E-state index in [4.69, 9.17) is 18.0 Å². The number of halogens is 2. The fourth-order valence-electron chi connectivity index (χ4n) is 1.30. The molecule has 0 spiro atoms. The van der Waals surface area contributed by atoms with Crippen molar-refractivity contribution < 1.29 is 12.8 Å². The minimum atomic E-state index is -3.32. The Morgan fingerprint density at radius 2 is 2.16 bits per heavy atom. The third-order valence-corrected chi connectivity index (χ3v) is 4.70. The van der Waals surface area contributed by atoms with Crippen molar-refractivity contribution in [1.29, 1.82) is 0 Å². The molecule has 106 valence electrons. The monoisotopic (exact) mass is 369 g/mol. The van der Waals surface area contributed by atoms with Gasteiger partial charge in [-0.15, -0.1) is 0 Å². The number of thiocarbonyl (C=S) groups is 1. The number of hydrogen-bond donors (Lipinski definition) is 3. The summed E-state index contributed by atoms with van der Waals surface area (Å²) >= 11 is 7.84. The number of rotatable bonds is 6. The Balaban J connectivity index is 2.82. The van der Waals surface area contributed by atoms with Crippen molar-refractivity contribution in [3.8, 4) is 0 Å². The third kappa shape index (κ3) is 4.37. The molecule has 0 aliphatic heterocycles. The van der Waals surface area contributed by atoms with Crippen LogP contribution >= 0.6 is 28.1 Å². The Kier molecular flexibility index (Phi) is 5.65. The van der Waals surface area contributed by atoms with Crippen molar-refractivity contribution in [3.05, 3.63) is 28.0 Å². The van der Waals surface area contributed by atoms with Crippen molar-refractivity contribution in [2.45, 2.75) is 0 Å². The van der Waals surface area contributed by atoms with Gasteiger partial charge in [0, 0.05) is 12.1 Å². The molecule has 0 unspecified atom stereocenters. The van der Waals surface area contributed by atoms with E-state index in [-0.39, 0.29) is 27.4 Å². The summed E-state index contributed by atoms with van der Waals surface area (Å²) in [4.78, 5) is 0.0788. The van der Waals surface area contributed by atoms with Crippen molar-refractivity contribution in [1.82, 2.24) is 4.72 Å². The van der Waals surface area contributed by atoms with Crippen LogP contribution in [0.15, 0.2) is 16.6 Å². The van der Waals surface area contributed by atoms with Crippen LogP contribution in [0, 0.1) is 5.82 Å². The highest BCUT2D eigenvalue weighted by Crippen LogP contribution is 2.26. The van der Waals surface area contributed by atoms with Crippen molar-refractivity contribution in [2.75, 3.05) is 24.7 Å². The molecule has 0 heterocycles. The lowest BCUT2D eigenvalue weighted by molar-refractivity contribution is 0.588. The van der Waals surface area contributed by atoms with Crippen LogP contribution in [0.25, 0.3) is 0 Å². The second kappa shape index (κ2) is 6.60. The Labute approximate surface area is 124 Å². The largest absolute Gasteiger partial charge is 0.389 e. The smallest absolute Gasteiger partial charge is 0.213 e. The molecule has 9 heteroatoms. The van der Waals surface area contributed by atoms with Gasteiger partial charge in [-0.3, -0.25) is 0 Å². The predicted molar refractivity (Wildman–Crippen MR) is 81.3 cm³/mol. The van der Waals surface area contributed by atoms with Gasteiger partial charge in [0.2, 0.25) is 10.0 Å². The summed E-state index contributed by atoms with van der Waals surface area (Å²) in [6.45, 7) is 0.0823. The fraction of sp³-hybridized carbons (Fsp3) is 0.300. The van der Waals surface area contributed by atoms with Gasteiger partial charge in [0.15, 0.2) is 5.82 Å². The lowest BCUT2D eigenvalue weighted by Gasteiger charge is -2.11. The molecule has 0 saturated carbocycles. The van der Waals surface area contributed by atoms with Gasteiger partial charge >= 0.3 is 0 Å². The van der Waals surface area contributed by atoms with E-state index in [1.807, 2.05) is 0 Å². The zero-order valence-corrected chi connectivity index (χ0v) is 13.3. The van der Waals surface area contributed by atoms with Crippen LogP contribution < -0.4 is 15.8 Å². The van der Waals surface area contributed by atoms with E-state index in [1.54, 1.807) is 6.07 Å². The molecule has 5 nitrogen and oxygen atoms in total.